The molecular formula is C12H15FN2O2. The summed E-state index contributed by atoms with van der Waals surface area (Å²) in [6.45, 7) is 1.58. The molecule has 0 radical (unpaired) electrons. The maximum absolute atomic E-state index is 12.7. The molecule has 0 heterocycles. The molecule has 1 atom stereocenters. The number of hydrogen-bond donors (Lipinski definition) is 2. The predicted octanol–water partition coefficient (Wildman–Crippen LogP) is 0.606. The van der Waals surface area contributed by atoms with E-state index in [1.807, 2.05) is 0 Å². The van der Waals surface area contributed by atoms with Crippen LogP contribution in [0, 0.1) is 11.7 Å². The van der Waals surface area contributed by atoms with E-state index in [0.29, 0.717) is 6.42 Å². The monoisotopic (exact) mass is 238 g/mol. The van der Waals surface area contributed by atoms with Crippen molar-refractivity contribution in [3.05, 3.63) is 35.6 Å². The Kier molecular flexibility index (Phi) is 4.63. The number of carbonyl (C=O) groups excluding carboxylic acids is 2. The molecule has 2 amide bonds. The number of nitrogens with one attached hydrogen (secondary N) is 1. The number of amides is 2. The molecule has 1 aromatic rings. The smallest absolute Gasteiger partial charge is 0.236 e. The maximum atomic E-state index is 12.7. The van der Waals surface area contributed by atoms with E-state index in [4.69, 9.17) is 5.73 Å². The molecule has 0 saturated heterocycles. The molecule has 0 aromatic heterocycles. The molecule has 1 rings (SSSR count). The Hall–Kier alpha value is -1.91. The van der Waals surface area contributed by atoms with Gasteiger partial charge in [0.1, 0.15) is 5.82 Å². The van der Waals surface area contributed by atoms with Gasteiger partial charge in [-0.05, 0) is 24.1 Å². The number of rotatable bonds is 5. The number of halogens is 1. The van der Waals surface area contributed by atoms with Crippen LogP contribution in [0.25, 0.3) is 0 Å². The van der Waals surface area contributed by atoms with E-state index in [1.165, 1.54) is 12.1 Å². The van der Waals surface area contributed by atoms with Gasteiger partial charge in [-0.25, -0.2) is 4.39 Å². The molecule has 0 spiro atoms. The average Bonchev–Trinajstić information content (AvgIpc) is 2.28. The van der Waals surface area contributed by atoms with Gasteiger partial charge in [0, 0.05) is 5.92 Å². The van der Waals surface area contributed by atoms with Crippen molar-refractivity contribution in [2.24, 2.45) is 11.7 Å². The fourth-order valence-electron chi connectivity index (χ4n) is 1.42. The van der Waals surface area contributed by atoms with Gasteiger partial charge in [0.2, 0.25) is 11.8 Å². The zero-order valence-electron chi connectivity index (χ0n) is 9.57. The van der Waals surface area contributed by atoms with Crippen LogP contribution in [-0.4, -0.2) is 18.4 Å². The lowest BCUT2D eigenvalue weighted by Crippen LogP contribution is -2.36. The normalized spacial score (nSPS) is 11.9. The van der Waals surface area contributed by atoms with E-state index in [-0.39, 0.29) is 24.2 Å². The fraction of sp³-hybridized carbons (Fsp3) is 0.333. The molecule has 0 bridgehead atoms. The molecule has 1 aromatic carbocycles. The van der Waals surface area contributed by atoms with Crippen molar-refractivity contribution < 1.29 is 14.0 Å². The van der Waals surface area contributed by atoms with Gasteiger partial charge in [0.25, 0.3) is 0 Å². The van der Waals surface area contributed by atoms with Crippen molar-refractivity contribution in [1.82, 2.24) is 5.32 Å². The molecule has 92 valence electrons. The molecule has 3 N–H and O–H groups in total. The quantitative estimate of drug-likeness (QED) is 0.788. The second-order valence-corrected chi connectivity index (χ2v) is 3.92. The lowest BCUT2D eigenvalue weighted by Gasteiger charge is -2.11. The first kappa shape index (κ1) is 13.2. The average molecular weight is 238 g/mol. The summed E-state index contributed by atoms with van der Waals surface area (Å²) in [5.74, 6) is -1.42. The Morgan fingerprint density at radius 3 is 2.47 bits per heavy atom. The van der Waals surface area contributed by atoms with Crippen LogP contribution in [0.4, 0.5) is 4.39 Å². The number of primary amides is 1. The Morgan fingerprint density at radius 2 is 1.94 bits per heavy atom. The van der Waals surface area contributed by atoms with Crippen molar-refractivity contribution in [2.75, 3.05) is 6.54 Å². The van der Waals surface area contributed by atoms with Crippen LogP contribution in [0.2, 0.25) is 0 Å². The van der Waals surface area contributed by atoms with Crippen LogP contribution in [0.1, 0.15) is 12.5 Å². The number of carbonyl (C=O) groups is 2. The minimum absolute atomic E-state index is 0.160. The molecule has 17 heavy (non-hydrogen) atoms. The topological polar surface area (TPSA) is 72.2 Å². The molecular weight excluding hydrogens is 223 g/mol. The third kappa shape index (κ3) is 4.63. The zero-order valence-corrected chi connectivity index (χ0v) is 9.57. The highest BCUT2D eigenvalue weighted by Gasteiger charge is 2.13. The van der Waals surface area contributed by atoms with Crippen molar-refractivity contribution in [3.8, 4) is 0 Å². The first-order chi connectivity index (χ1) is 7.99. The van der Waals surface area contributed by atoms with Gasteiger partial charge >= 0.3 is 0 Å². The Bertz CT molecular complexity index is 403. The molecule has 1 unspecified atom stereocenters. The van der Waals surface area contributed by atoms with Crippen LogP contribution in [0.5, 0.6) is 0 Å². The van der Waals surface area contributed by atoms with Crippen molar-refractivity contribution in [1.29, 1.82) is 0 Å². The first-order valence-electron chi connectivity index (χ1n) is 5.29. The molecule has 5 heteroatoms. The highest BCUT2D eigenvalue weighted by molar-refractivity contribution is 5.84. The first-order valence-corrected chi connectivity index (χ1v) is 5.29. The van der Waals surface area contributed by atoms with Crippen molar-refractivity contribution in [3.63, 3.8) is 0 Å². The summed E-state index contributed by atoms with van der Waals surface area (Å²) in [4.78, 5) is 22.0. The van der Waals surface area contributed by atoms with Gasteiger partial charge in [-0.1, -0.05) is 19.1 Å². The molecule has 0 aliphatic carbocycles. The van der Waals surface area contributed by atoms with E-state index < -0.39 is 5.91 Å². The van der Waals surface area contributed by atoms with Crippen LogP contribution in [-0.2, 0) is 16.0 Å². The van der Waals surface area contributed by atoms with Crippen LogP contribution in [0.3, 0.4) is 0 Å². The summed E-state index contributed by atoms with van der Waals surface area (Å²) in [5, 5.41) is 2.43. The summed E-state index contributed by atoms with van der Waals surface area (Å²) in [7, 11) is 0. The zero-order chi connectivity index (χ0) is 12.8. The van der Waals surface area contributed by atoms with Crippen molar-refractivity contribution in [2.45, 2.75) is 13.3 Å². The number of hydrogen-bond acceptors (Lipinski definition) is 2. The van der Waals surface area contributed by atoms with Crippen LogP contribution in [0.15, 0.2) is 24.3 Å². The van der Waals surface area contributed by atoms with Crippen LogP contribution < -0.4 is 11.1 Å². The molecule has 0 aliphatic heterocycles. The summed E-state index contributed by atoms with van der Waals surface area (Å²) < 4.78 is 12.7. The van der Waals surface area contributed by atoms with Gasteiger partial charge in [-0.3, -0.25) is 9.59 Å². The van der Waals surface area contributed by atoms with E-state index in [9.17, 15) is 14.0 Å². The van der Waals surface area contributed by atoms with Crippen LogP contribution >= 0.6 is 0 Å². The molecule has 0 saturated carbocycles. The van der Waals surface area contributed by atoms with Gasteiger partial charge in [-0.2, -0.15) is 0 Å². The summed E-state index contributed by atoms with van der Waals surface area (Å²) in [6.07, 6.45) is 0.491. The van der Waals surface area contributed by atoms with E-state index in [1.54, 1.807) is 19.1 Å². The number of nitrogens with two attached hydrogens (primary N) is 1. The fourth-order valence-corrected chi connectivity index (χ4v) is 1.42. The van der Waals surface area contributed by atoms with E-state index in [0.717, 1.165) is 5.56 Å². The minimum atomic E-state index is -0.577. The summed E-state index contributed by atoms with van der Waals surface area (Å²) in [6, 6.07) is 5.97. The minimum Gasteiger partial charge on any atom is -0.368 e. The van der Waals surface area contributed by atoms with Gasteiger partial charge < -0.3 is 11.1 Å². The third-order valence-corrected chi connectivity index (χ3v) is 2.34. The van der Waals surface area contributed by atoms with Gasteiger partial charge in [0.05, 0.1) is 6.54 Å². The molecule has 4 nitrogen and oxygen atoms in total. The Balaban J connectivity index is 2.48. The van der Waals surface area contributed by atoms with E-state index >= 15 is 0 Å². The lowest BCUT2D eigenvalue weighted by atomic mass is 10.0. The molecule has 0 fully saturated rings. The van der Waals surface area contributed by atoms with Crippen molar-refractivity contribution >= 4 is 11.8 Å². The maximum Gasteiger partial charge on any atom is 0.236 e. The molecule has 0 aliphatic rings. The summed E-state index contributed by atoms with van der Waals surface area (Å²) in [5.41, 5.74) is 5.78. The Morgan fingerprint density at radius 1 is 1.35 bits per heavy atom. The lowest BCUT2D eigenvalue weighted by molar-refractivity contribution is -0.127. The number of benzene rings is 1. The predicted molar refractivity (Wildman–Crippen MR) is 61.5 cm³/mol. The van der Waals surface area contributed by atoms with E-state index in [2.05, 4.69) is 5.32 Å². The Labute approximate surface area is 99.0 Å². The summed E-state index contributed by atoms with van der Waals surface area (Å²) >= 11 is 0. The van der Waals surface area contributed by atoms with Gasteiger partial charge in [-0.15, -0.1) is 0 Å². The highest BCUT2D eigenvalue weighted by atomic mass is 19.1. The second-order valence-electron chi connectivity index (χ2n) is 3.92. The van der Waals surface area contributed by atoms with Gasteiger partial charge in [0.15, 0.2) is 0 Å². The second kappa shape index (κ2) is 5.98. The SMILES string of the molecule is CC(Cc1ccc(F)cc1)C(=O)NCC(N)=O. The largest absolute Gasteiger partial charge is 0.368 e. The third-order valence-electron chi connectivity index (χ3n) is 2.34. The highest BCUT2D eigenvalue weighted by Crippen LogP contribution is 2.09. The standard InChI is InChI=1S/C12H15FN2O2/c1-8(12(17)15-7-11(14)16)6-9-2-4-10(13)5-3-9/h2-5,8H,6-7H2,1H3,(H2,14,16)(H,15,17).